The van der Waals surface area contributed by atoms with Crippen LogP contribution in [-0.4, -0.2) is 24.5 Å². The lowest BCUT2D eigenvalue weighted by atomic mass is 9.86. The van der Waals surface area contributed by atoms with E-state index in [1.54, 1.807) is 17.0 Å². The normalized spacial score (nSPS) is 12.5. The molecule has 3 aromatic carbocycles. The SMILES string of the molecule is CN(c1ccc(C(=O)OC(C)(C)C)cc1)C(C(=O)N(c1ccccc1)c1ccc2cccc-2o1)c1ccc(C(C)(C)C)cc1. The van der Waals surface area contributed by atoms with Crippen LogP contribution in [0.25, 0.3) is 11.3 Å². The zero-order valence-electron chi connectivity index (χ0n) is 26.5. The number of likely N-dealkylation sites (N-methyl/N-ethyl adjacent to an activating group) is 1. The molecule has 1 unspecified atom stereocenters. The second kappa shape index (κ2) is 12.0. The number of carbonyl (C=O) groups is 2. The number of para-hydroxylation sites is 1. The molecule has 0 radical (unpaired) electrons. The van der Waals surface area contributed by atoms with Gasteiger partial charge in [0.05, 0.1) is 11.3 Å². The summed E-state index contributed by atoms with van der Waals surface area (Å²) in [7, 11) is 1.89. The van der Waals surface area contributed by atoms with Gasteiger partial charge < -0.3 is 14.1 Å². The molecule has 1 atom stereocenters. The largest absolute Gasteiger partial charge is 0.456 e. The lowest BCUT2D eigenvalue weighted by Crippen LogP contribution is -2.40. The van der Waals surface area contributed by atoms with Crippen LogP contribution in [0.4, 0.5) is 17.3 Å². The van der Waals surface area contributed by atoms with Crippen LogP contribution in [0.5, 0.6) is 0 Å². The number of carbonyl (C=O) groups excluding carboxylic acids is 2. The molecule has 2 aliphatic rings. The number of esters is 1. The molecule has 0 N–H and O–H groups in total. The molecule has 0 saturated heterocycles. The van der Waals surface area contributed by atoms with Gasteiger partial charge in [0.25, 0.3) is 5.91 Å². The van der Waals surface area contributed by atoms with Gasteiger partial charge in [-0.05, 0) is 85.8 Å². The van der Waals surface area contributed by atoms with E-state index in [4.69, 9.17) is 9.15 Å². The van der Waals surface area contributed by atoms with Gasteiger partial charge in [-0.25, -0.2) is 9.69 Å². The van der Waals surface area contributed by atoms with E-state index < -0.39 is 17.6 Å². The van der Waals surface area contributed by atoms with Crippen LogP contribution in [0.3, 0.4) is 0 Å². The molecule has 5 rings (SSSR count). The molecule has 6 heteroatoms. The quantitative estimate of drug-likeness (QED) is 0.177. The Morgan fingerprint density at radius 3 is 1.98 bits per heavy atom. The molecule has 0 bridgehead atoms. The maximum atomic E-state index is 14.9. The van der Waals surface area contributed by atoms with Crippen molar-refractivity contribution in [3.05, 3.63) is 126 Å². The number of fused-ring (bicyclic) bond motifs is 1. The molecular formula is C38H40N2O4. The Bertz CT molecular complexity index is 1690. The number of anilines is 3. The van der Waals surface area contributed by atoms with E-state index in [-0.39, 0.29) is 11.3 Å². The van der Waals surface area contributed by atoms with Crippen molar-refractivity contribution in [3.63, 3.8) is 0 Å². The van der Waals surface area contributed by atoms with Gasteiger partial charge in [0.15, 0.2) is 0 Å². The summed E-state index contributed by atoms with van der Waals surface area (Å²) in [6.45, 7) is 12.0. The fourth-order valence-electron chi connectivity index (χ4n) is 5.15. The Hall–Kier alpha value is -4.84. The Balaban J connectivity index is 1.59. The number of rotatable bonds is 7. The molecule has 0 fully saturated rings. The summed E-state index contributed by atoms with van der Waals surface area (Å²) < 4.78 is 11.8. The first-order valence-electron chi connectivity index (χ1n) is 14.9. The molecule has 3 aromatic rings. The first-order valence-corrected chi connectivity index (χ1v) is 14.9. The number of benzene rings is 3. The van der Waals surface area contributed by atoms with Crippen LogP contribution in [0.1, 0.15) is 69.1 Å². The highest BCUT2D eigenvalue weighted by atomic mass is 16.6. The second-order valence-electron chi connectivity index (χ2n) is 13.1. The van der Waals surface area contributed by atoms with Crippen molar-refractivity contribution in [2.24, 2.45) is 0 Å². The van der Waals surface area contributed by atoms with Crippen molar-refractivity contribution in [1.29, 1.82) is 0 Å². The van der Waals surface area contributed by atoms with Crippen LogP contribution in [-0.2, 0) is 14.9 Å². The van der Waals surface area contributed by atoms with E-state index in [9.17, 15) is 9.59 Å². The minimum atomic E-state index is -0.720. The fraction of sp³-hybridized carbons (Fsp3) is 0.263. The number of amides is 1. The summed E-state index contributed by atoms with van der Waals surface area (Å²) in [5.41, 5.74) is 4.24. The molecule has 0 aromatic heterocycles. The van der Waals surface area contributed by atoms with Crippen LogP contribution < -0.4 is 9.80 Å². The Morgan fingerprint density at radius 2 is 1.36 bits per heavy atom. The third-order valence-electron chi connectivity index (χ3n) is 7.51. The molecule has 0 saturated carbocycles. The topological polar surface area (TPSA) is 63.0 Å². The smallest absolute Gasteiger partial charge is 0.338 e. The Morgan fingerprint density at radius 1 is 0.705 bits per heavy atom. The van der Waals surface area contributed by atoms with Gasteiger partial charge >= 0.3 is 5.97 Å². The van der Waals surface area contributed by atoms with Crippen LogP contribution in [0.15, 0.2) is 114 Å². The maximum absolute atomic E-state index is 14.9. The van der Waals surface area contributed by atoms with Crippen molar-refractivity contribution in [3.8, 4) is 11.3 Å². The average molecular weight is 589 g/mol. The van der Waals surface area contributed by atoms with Gasteiger partial charge in [-0.3, -0.25) is 4.79 Å². The predicted octanol–water partition coefficient (Wildman–Crippen LogP) is 9.18. The van der Waals surface area contributed by atoms with Crippen molar-refractivity contribution >= 4 is 29.1 Å². The number of nitrogens with zero attached hydrogens (tertiary/aromatic N) is 2. The van der Waals surface area contributed by atoms with Gasteiger partial charge in [-0.2, -0.15) is 0 Å². The van der Waals surface area contributed by atoms with Gasteiger partial charge in [-0.15, -0.1) is 0 Å². The Kier molecular flexibility index (Phi) is 8.38. The van der Waals surface area contributed by atoms with E-state index in [2.05, 4.69) is 32.9 Å². The molecule has 226 valence electrons. The highest BCUT2D eigenvalue weighted by Gasteiger charge is 2.34. The first kappa shape index (κ1) is 30.6. The summed E-state index contributed by atoms with van der Waals surface area (Å²) in [5, 5.41) is 0. The molecule has 0 spiro atoms. The molecule has 44 heavy (non-hydrogen) atoms. The lowest BCUT2D eigenvalue weighted by molar-refractivity contribution is -0.119. The number of hydrogen-bond acceptors (Lipinski definition) is 5. The number of ether oxygens (including phenoxy) is 1. The summed E-state index contributed by atoms with van der Waals surface area (Å²) in [6.07, 6.45) is 0. The highest BCUT2D eigenvalue weighted by Crippen LogP contribution is 2.37. The average Bonchev–Trinajstić information content (AvgIpc) is 3.45. The zero-order valence-corrected chi connectivity index (χ0v) is 26.5. The van der Waals surface area contributed by atoms with Gasteiger partial charge in [-0.1, -0.05) is 75.4 Å². The summed E-state index contributed by atoms with van der Waals surface area (Å²) in [4.78, 5) is 31.2. The fourth-order valence-corrected chi connectivity index (χ4v) is 5.15. The Labute approximate surface area is 260 Å². The summed E-state index contributed by atoms with van der Waals surface area (Å²) in [6, 6.07) is 33.8. The van der Waals surface area contributed by atoms with Crippen LogP contribution in [0.2, 0.25) is 0 Å². The predicted molar refractivity (Wildman–Crippen MR) is 177 cm³/mol. The lowest BCUT2D eigenvalue weighted by Gasteiger charge is -2.34. The first-order chi connectivity index (χ1) is 20.8. The van der Waals surface area contributed by atoms with Gasteiger partial charge in [0.2, 0.25) is 5.88 Å². The van der Waals surface area contributed by atoms with Crippen molar-refractivity contribution in [2.45, 2.75) is 58.6 Å². The third-order valence-corrected chi connectivity index (χ3v) is 7.51. The summed E-state index contributed by atoms with van der Waals surface area (Å²) >= 11 is 0. The highest BCUT2D eigenvalue weighted by molar-refractivity contribution is 6.04. The monoisotopic (exact) mass is 588 g/mol. The van der Waals surface area contributed by atoms with E-state index >= 15 is 0 Å². The van der Waals surface area contributed by atoms with Crippen LogP contribution >= 0.6 is 0 Å². The zero-order chi connectivity index (χ0) is 31.6. The molecular weight excluding hydrogens is 548 g/mol. The molecule has 1 aliphatic heterocycles. The van der Waals surface area contributed by atoms with E-state index in [0.717, 1.165) is 16.8 Å². The molecule has 1 heterocycles. The number of hydrogen-bond donors (Lipinski definition) is 0. The van der Waals surface area contributed by atoms with Crippen molar-refractivity contribution < 1.29 is 18.7 Å². The van der Waals surface area contributed by atoms with Crippen molar-refractivity contribution in [2.75, 3.05) is 16.8 Å². The molecule has 1 amide bonds. The second-order valence-corrected chi connectivity index (χ2v) is 13.1. The van der Waals surface area contributed by atoms with Crippen LogP contribution in [0, 0.1) is 0 Å². The van der Waals surface area contributed by atoms with E-state index in [1.807, 2.05) is 118 Å². The van der Waals surface area contributed by atoms with E-state index in [1.165, 1.54) is 5.56 Å². The third kappa shape index (κ3) is 6.70. The minimum absolute atomic E-state index is 0.0364. The van der Waals surface area contributed by atoms with E-state index in [0.29, 0.717) is 22.9 Å². The molecule has 1 aliphatic carbocycles. The molecule has 6 nitrogen and oxygen atoms in total. The minimum Gasteiger partial charge on any atom is -0.456 e. The maximum Gasteiger partial charge on any atom is 0.338 e. The summed E-state index contributed by atoms with van der Waals surface area (Å²) in [5.74, 6) is 0.545. The standard InChI is InChI=1S/C38H40N2O4/c1-37(2,3)29-21-16-27(17-22-29)34(39(7)30-23-18-28(19-24-30)36(42)44-38(4,5)6)35(41)40(31-13-9-8-10-14-31)33-25-20-26-12-11-15-32(26)43-33/h8-25,34H,1-7H3. The van der Waals surface area contributed by atoms with Gasteiger partial charge in [0.1, 0.15) is 17.4 Å². The van der Waals surface area contributed by atoms with Gasteiger partial charge in [0, 0.05) is 24.4 Å². The van der Waals surface area contributed by atoms with Crippen molar-refractivity contribution in [1.82, 2.24) is 0 Å².